The van der Waals surface area contributed by atoms with Gasteiger partial charge in [0.15, 0.2) is 0 Å². The fourth-order valence-electron chi connectivity index (χ4n) is 2.11. The van der Waals surface area contributed by atoms with E-state index in [0.717, 1.165) is 22.8 Å². The molecule has 0 saturated heterocycles. The van der Waals surface area contributed by atoms with Gasteiger partial charge in [0.05, 0.1) is 11.3 Å². The number of aromatic carboxylic acids is 1. The highest BCUT2D eigenvalue weighted by Gasteiger charge is 2.09. The van der Waals surface area contributed by atoms with Crippen LogP contribution in [0.2, 0.25) is 0 Å². The molecule has 0 aliphatic carbocycles. The second-order valence-corrected chi connectivity index (χ2v) is 4.72. The third-order valence-electron chi connectivity index (χ3n) is 3.31. The zero-order valence-electron chi connectivity index (χ0n) is 11.4. The Balaban J connectivity index is 2.23. The number of carbonyl (C=O) groups is 1. The van der Waals surface area contributed by atoms with Crippen molar-refractivity contribution in [1.82, 2.24) is 0 Å². The van der Waals surface area contributed by atoms with Gasteiger partial charge in [-0.15, -0.1) is 0 Å². The number of anilines is 1. The number of carboxylic acid groups (broad SMARTS) is 1. The Hall–Kier alpha value is -2.36. The number of hydrogen-bond donors (Lipinski definition) is 2. The van der Waals surface area contributed by atoms with Gasteiger partial charge in [-0.3, -0.25) is 0 Å². The van der Waals surface area contributed by atoms with Crippen LogP contribution < -0.4 is 5.32 Å². The summed E-state index contributed by atoms with van der Waals surface area (Å²) in [6, 6.07) is 9.69. The van der Waals surface area contributed by atoms with Crippen LogP contribution in [-0.4, -0.2) is 11.1 Å². The highest BCUT2D eigenvalue weighted by molar-refractivity contribution is 5.88. The highest BCUT2D eigenvalue weighted by atomic mass is 19.1. The topological polar surface area (TPSA) is 49.3 Å². The second kappa shape index (κ2) is 5.74. The summed E-state index contributed by atoms with van der Waals surface area (Å²) in [5.41, 5.74) is 3.59. The Morgan fingerprint density at radius 1 is 1.20 bits per heavy atom. The smallest absolute Gasteiger partial charge is 0.335 e. The van der Waals surface area contributed by atoms with Gasteiger partial charge in [0.25, 0.3) is 0 Å². The Morgan fingerprint density at radius 3 is 2.45 bits per heavy atom. The standard InChI is InChI=1S/C16H16FNO2/c1-10-4-3-5-11(2)13(10)9-18-15-8-12(16(19)20)6-7-14(15)17/h3-8,18H,9H2,1-2H3,(H,19,20). The monoisotopic (exact) mass is 273 g/mol. The van der Waals surface area contributed by atoms with Crippen LogP contribution in [0.25, 0.3) is 0 Å². The van der Waals surface area contributed by atoms with E-state index in [-0.39, 0.29) is 11.3 Å². The molecule has 0 heterocycles. The largest absolute Gasteiger partial charge is 0.478 e. The molecule has 0 spiro atoms. The molecule has 0 saturated carbocycles. The Morgan fingerprint density at radius 2 is 1.85 bits per heavy atom. The minimum absolute atomic E-state index is 0.0652. The summed E-state index contributed by atoms with van der Waals surface area (Å²) < 4.78 is 13.7. The first-order valence-corrected chi connectivity index (χ1v) is 6.31. The fourth-order valence-corrected chi connectivity index (χ4v) is 2.11. The summed E-state index contributed by atoms with van der Waals surface area (Å²) in [6.45, 7) is 4.45. The van der Waals surface area contributed by atoms with Crippen LogP contribution in [-0.2, 0) is 6.54 Å². The zero-order chi connectivity index (χ0) is 14.7. The van der Waals surface area contributed by atoms with Gasteiger partial charge in [-0.2, -0.15) is 0 Å². The molecule has 0 fully saturated rings. The molecule has 0 aliphatic heterocycles. The van der Waals surface area contributed by atoms with Crippen molar-refractivity contribution in [3.8, 4) is 0 Å². The SMILES string of the molecule is Cc1cccc(C)c1CNc1cc(C(=O)O)ccc1F. The van der Waals surface area contributed by atoms with Gasteiger partial charge < -0.3 is 10.4 Å². The molecular weight excluding hydrogens is 257 g/mol. The summed E-state index contributed by atoms with van der Waals surface area (Å²) in [5.74, 6) is -1.53. The normalized spacial score (nSPS) is 10.3. The first-order chi connectivity index (χ1) is 9.49. The number of halogens is 1. The lowest BCUT2D eigenvalue weighted by Crippen LogP contribution is -2.06. The minimum Gasteiger partial charge on any atom is -0.478 e. The van der Waals surface area contributed by atoms with E-state index in [1.54, 1.807) is 0 Å². The molecule has 0 atom stereocenters. The van der Waals surface area contributed by atoms with Gasteiger partial charge in [-0.25, -0.2) is 9.18 Å². The predicted molar refractivity (Wildman–Crippen MR) is 76.6 cm³/mol. The van der Waals surface area contributed by atoms with Crippen LogP contribution in [0.15, 0.2) is 36.4 Å². The van der Waals surface area contributed by atoms with Crippen LogP contribution >= 0.6 is 0 Å². The summed E-state index contributed by atoms with van der Waals surface area (Å²) in [7, 11) is 0. The zero-order valence-corrected chi connectivity index (χ0v) is 11.4. The third kappa shape index (κ3) is 2.96. The van der Waals surface area contributed by atoms with E-state index in [1.165, 1.54) is 12.1 Å². The van der Waals surface area contributed by atoms with Crippen LogP contribution in [0.4, 0.5) is 10.1 Å². The molecule has 4 heteroatoms. The lowest BCUT2D eigenvalue weighted by molar-refractivity contribution is 0.0697. The van der Waals surface area contributed by atoms with Crippen molar-refractivity contribution in [1.29, 1.82) is 0 Å². The Kier molecular flexibility index (Phi) is 4.03. The Labute approximate surface area is 117 Å². The van der Waals surface area contributed by atoms with Crippen LogP contribution in [0.5, 0.6) is 0 Å². The average Bonchev–Trinajstić information content (AvgIpc) is 2.39. The lowest BCUT2D eigenvalue weighted by atomic mass is 10.0. The van der Waals surface area contributed by atoms with Crippen molar-refractivity contribution < 1.29 is 14.3 Å². The van der Waals surface area contributed by atoms with Gasteiger partial charge in [0, 0.05) is 6.54 Å². The number of benzene rings is 2. The molecule has 2 aromatic carbocycles. The van der Waals surface area contributed by atoms with E-state index in [1.807, 2.05) is 32.0 Å². The van der Waals surface area contributed by atoms with E-state index in [4.69, 9.17) is 5.11 Å². The molecule has 0 aromatic heterocycles. The van der Waals surface area contributed by atoms with Gasteiger partial charge in [-0.05, 0) is 48.7 Å². The van der Waals surface area contributed by atoms with Crippen LogP contribution in [0.3, 0.4) is 0 Å². The van der Waals surface area contributed by atoms with Crippen molar-refractivity contribution in [3.63, 3.8) is 0 Å². The van der Waals surface area contributed by atoms with Crippen molar-refractivity contribution in [2.24, 2.45) is 0 Å². The predicted octanol–water partition coefficient (Wildman–Crippen LogP) is 3.75. The molecule has 2 N–H and O–H groups in total. The van der Waals surface area contributed by atoms with Gasteiger partial charge in [0.1, 0.15) is 5.82 Å². The maximum atomic E-state index is 13.7. The number of rotatable bonds is 4. The number of carboxylic acids is 1. The summed E-state index contributed by atoms with van der Waals surface area (Å²) in [6.07, 6.45) is 0. The highest BCUT2D eigenvalue weighted by Crippen LogP contribution is 2.19. The van der Waals surface area contributed by atoms with Gasteiger partial charge in [0.2, 0.25) is 0 Å². The molecule has 2 rings (SSSR count). The molecule has 0 aliphatic rings. The molecular formula is C16H16FNO2. The van der Waals surface area contributed by atoms with Crippen LogP contribution in [0, 0.1) is 19.7 Å². The van der Waals surface area contributed by atoms with E-state index >= 15 is 0 Å². The molecule has 2 aromatic rings. The van der Waals surface area contributed by atoms with Gasteiger partial charge >= 0.3 is 5.97 Å². The minimum atomic E-state index is -1.07. The van der Waals surface area contributed by atoms with Crippen molar-refractivity contribution >= 4 is 11.7 Å². The number of nitrogens with one attached hydrogen (secondary N) is 1. The van der Waals surface area contributed by atoms with Crippen molar-refractivity contribution in [2.45, 2.75) is 20.4 Å². The summed E-state index contributed by atoms with van der Waals surface area (Å²) >= 11 is 0. The molecule has 3 nitrogen and oxygen atoms in total. The van der Waals surface area contributed by atoms with Crippen molar-refractivity contribution in [2.75, 3.05) is 5.32 Å². The first-order valence-electron chi connectivity index (χ1n) is 6.31. The molecule has 0 unspecified atom stereocenters. The van der Waals surface area contributed by atoms with E-state index in [2.05, 4.69) is 5.32 Å². The average molecular weight is 273 g/mol. The molecule has 0 amide bonds. The quantitative estimate of drug-likeness (QED) is 0.891. The molecule has 104 valence electrons. The second-order valence-electron chi connectivity index (χ2n) is 4.72. The molecule has 20 heavy (non-hydrogen) atoms. The maximum Gasteiger partial charge on any atom is 0.335 e. The number of aryl methyl sites for hydroxylation is 2. The first kappa shape index (κ1) is 14.1. The van der Waals surface area contributed by atoms with Gasteiger partial charge in [-0.1, -0.05) is 18.2 Å². The van der Waals surface area contributed by atoms with Crippen LogP contribution in [0.1, 0.15) is 27.0 Å². The maximum absolute atomic E-state index is 13.7. The van der Waals surface area contributed by atoms with E-state index < -0.39 is 11.8 Å². The van der Waals surface area contributed by atoms with E-state index in [0.29, 0.717) is 6.54 Å². The summed E-state index contributed by atoms with van der Waals surface area (Å²) in [4.78, 5) is 10.9. The Bertz CT molecular complexity index is 633. The molecule has 0 radical (unpaired) electrons. The summed E-state index contributed by atoms with van der Waals surface area (Å²) in [5, 5.41) is 11.9. The van der Waals surface area contributed by atoms with Crippen molar-refractivity contribution in [3.05, 3.63) is 64.5 Å². The third-order valence-corrected chi connectivity index (χ3v) is 3.31. The number of hydrogen-bond acceptors (Lipinski definition) is 2. The fraction of sp³-hybridized carbons (Fsp3) is 0.188. The van der Waals surface area contributed by atoms with E-state index in [9.17, 15) is 9.18 Å². The lowest BCUT2D eigenvalue weighted by Gasteiger charge is -2.13. The molecule has 0 bridgehead atoms.